The van der Waals surface area contributed by atoms with E-state index < -0.39 is 10.2 Å². The smallest absolute Gasteiger partial charge is 0.279 e. The molecule has 0 amide bonds. The van der Waals surface area contributed by atoms with Crippen molar-refractivity contribution in [3.8, 4) is 5.88 Å². The highest BCUT2D eigenvalue weighted by Gasteiger charge is 2.42. The zero-order valence-electron chi connectivity index (χ0n) is 13.6. The molecule has 11 heteroatoms. The van der Waals surface area contributed by atoms with Crippen LogP contribution < -0.4 is 14.4 Å². The van der Waals surface area contributed by atoms with Gasteiger partial charge in [-0.1, -0.05) is 11.6 Å². The molecule has 3 heterocycles. The Morgan fingerprint density at radius 1 is 1.24 bits per heavy atom. The summed E-state index contributed by atoms with van der Waals surface area (Å²) in [7, 11) is -3.31. The lowest BCUT2D eigenvalue weighted by Crippen LogP contribution is -2.50. The molecule has 1 saturated carbocycles. The van der Waals surface area contributed by atoms with Crippen LogP contribution in [0.4, 0.5) is 5.95 Å². The van der Waals surface area contributed by atoms with Crippen LogP contribution in [0.5, 0.6) is 5.88 Å². The Hall–Kier alpha value is -1.20. The van der Waals surface area contributed by atoms with E-state index in [-0.39, 0.29) is 12.1 Å². The molecule has 1 aromatic rings. The molecule has 0 bridgehead atoms. The zero-order chi connectivity index (χ0) is 17.4. The van der Waals surface area contributed by atoms with Gasteiger partial charge in [0, 0.05) is 51.1 Å². The summed E-state index contributed by atoms with van der Waals surface area (Å²) in [5, 5.41) is 0.327. The van der Waals surface area contributed by atoms with Gasteiger partial charge in [0.1, 0.15) is 11.3 Å². The van der Waals surface area contributed by atoms with Crippen LogP contribution in [-0.4, -0.2) is 74.2 Å². The maximum Gasteiger partial charge on any atom is 0.279 e. The van der Waals surface area contributed by atoms with Crippen molar-refractivity contribution in [2.24, 2.45) is 0 Å². The SMILES string of the molecule is O=S1(=O)NCCN1[C@H]1C[C@H](Oc2cc(Cl)nc(N3CCOCC3)n2)C1. The molecule has 0 radical (unpaired) electrons. The molecule has 0 unspecified atom stereocenters. The number of hydrogen-bond donors (Lipinski definition) is 1. The summed E-state index contributed by atoms with van der Waals surface area (Å²) in [6.45, 7) is 3.68. The van der Waals surface area contributed by atoms with E-state index in [9.17, 15) is 8.42 Å². The summed E-state index contributed by atoms with van der Waals surface area (Å²) in [6, 6.07) is 1.58. The summed E-state index contributed by atoms with van der Waals surface area (Å²) in [5.74, 6) is 0.959. The van der Waals surface area contributed by atoms with Crippen LogP contribution in [0.3, 0.4) is 0 Å². The second-order valence-corrected chi connectivity index (χ2v) is 8.40. The molecular weight excluding hydrogens is 370 g/mol. The van der Waals surface area contributed by atoms with Crippen molar-refractivity contribution < 1.29 is 17.9 Å². The molecule has 25 heavy (non-hydrogen) atoms. The number of rotatable bonds is 4. The highest BCUT2D eigenvalue weighted by Crippen LogP contribution is 2.32. The van der Waals surface area contributed by atoms with Gasteiger partial charge in [0.2, 0.25) is 11.8 Å². The van der Waals surface area contributed by atoms with E-state index >= 15 is 0 Å². The third-order valence-corrected chi connectivity index (χ3v) is 6.50. The maximum absolute atomic E-state index is 11.8. The van der Waals surface area contributed by atoms with Gasteiger partial charge in [0.05, 0.1) is 13.2 Å². The zero-order valence-corrected chi connectivity index (χ0v) is 15.2. The largest absolute Gasteiger partial charge is 0.474 e. The molecule has 2 aliphatic heterocycles. The Kier molecular flexibility index (Phi) is 4.71. The number of aromatic nitrogens is 2. The van der Waals surface area contributed by atoms with Crippen LogP contribution in [0, 0.1) is 0 Å². The average molecular weight is 390 g/mol. The number of hydrogen-bond acceptors (Lipinski definition) is 7. The van der Waals surface area contributed by atoms with Crippen molar-refractivity contribution in [1.82, 2.24) is 19.0 Å². The quantitative estimate of drug-likeness (QED) is 0.725. The van der Waals surface area contributed by atoms with Gasteiger partial charge in [-0.05, 0) is 0 Å². The molecule has 1 N–H and O–H groups in total. The van der Waals surface area contributed by atoms with Gasteiger partial charge >= 0.3 is 0 Å². The van der Waals surface area contributed by atoms with E-state index in [2.05, 4.69) is 14.7 Å². The number of morpholine rings is 1. The Labute approximate surface area is 151 Å². The molecule has 4 rings (SSSR count). The summed E-state index contributed by atoms with van der Waals surface area (Å²) in [6.07, 6.45) is 1.23. The predicted octanol–water partition coefficient (Wildman–Crippen LogP) is 0.0264. The van der Waals surface area contributed by atoms with Crippen molar-refractivity contribution in [3.63, 3.8) is 0 Å². The second-order valence-electron chi connectivity index (χ2n) is 6.30. The minimum atomic E-state index is -3.31. The van der Waals surface area contributed by atoms with Crippen molar-refractivity contribution in [3.05, 3.63) is 11.2 Å². The first kappa shape index (κ1) is 17.2. The van der Waals surface area contributed by atoms with E-state index in [0.29, 0.717) is 69.2 Å². The molecule has 3 fully saturated rings. The molecule has 3 aliphatic rings. The Bertz CT molecular complexity index is 737. The molecule has 138 valence electrons. The van der Waals surface area contributed by atoms with Crippen molar-refractivity contribution in [1.29, 1.82) is 0 Å². The van der Waals surface area contributed by atoms with Gasteiger partial charge in [-0.25, -0.2) is 9.71 Å². The first-order valence-electron chi connectivity index (χ1n) is 8.32. The standard InChI is InChI=1S/C14H20ClN5O4S/c15-12-9-13(18-14(17-12)19-3-5-23-6-4-19)24-11-7-10(8-11)20-2-1-16-25(20,21)22/h9-11,16H,1-8H2/t10-,11-. The lowest BCUT2D eigenvalue weighted by Gasteiger charge is -2.39. The Balaban J connectivity index is 1.38. The van der Waals surface area contributed by atoms with Crippen LogP contribution >= 0.6 is 11.6 Å². The third-order valence-electron chi connectivity index (χ3n) is 4.64. The summed E-state index contributed by atoms with van der Waals surface area (Å²) < 4.78 is 38.9. The van der Waals surface area contributed by atoms with Crippen molar-refractivity contribution in [2.45, 2.75) is 25.0 Å². The third kappa shape index (κ3) is 3.68. The van der Waals surface area contributed by atoms with E-state index in [1.54, 1.807) is 6.07 Å². The number of ether oxygens (including phenoxy) is 2. The van der Waals surface area contributed by atoms with Gasteiger partial charge in [0.25, 0.3) is 10.2 Å². The monoisotopic (exact) mass is 389 g/mol. The minimum Gasteiger partial charge on any atom is -0.474 e. The highest BCUT2D eigenvalue weighted by molar-refractivity contribution is 7.87. The van der Waals surface area contributed by atoms with Crippen LogP contribution in [0.2, 0.25) is 5.15 Å². The summed E-state index contributed by atoms with van der Waals surface area (Å²) in [4.78, 5) is 10.7. The highest BCUT2D eigenvalue weighted by atomic mass is 35.5. The van der Waals surface area contributed by atoms with E-state index in [1.807, 2.05) is 4.90 Å². The van der Waals surface area contributed by atoms with Crippen LogP contribution in [0.15, 0.2) is 6.07 Å². The van der Waals surface area contributed by atoms with Gasteiger partial charge in [-0.3, -0.25) is 0 Å². The fraction of sp³-hybridized carbons (Fsp3) is 0.714. The minimum absolute atomic E-state index is 0.0129. The first-order valence-corrected chi connectivity index (χ1v) is 10.1. The number of anilines is 1. The van der Waals surface area contributed by atoms with Crippen molar-refractivity contribution >= 4 is 27.8 Å². The van der Waals surface area contributed by atoms with Crippen molar-refractivity contribution in [2.75, 3.05) is 44.3 Å². The molecular formula is C14H20ClN5O4S. The molecule has 0 atom stereocenters. The number of nitrogens with zero attached hydrogens (tertiary/aromatic N) is 4. The molecule has 0 spiro atoms. The van der Waals surface area contributed by atoms with Crippen LogP contribution in [-0.2, 0) is 14.9 Å². The average Bonchev–Trinajstić information content (AvgIpc) is 2.90. The van der Waals surface area contributed by atoms with Crippen LogP contribution in [0.25, 0.3) is 0 Å². The number of nitrogens with one attached hydrogen (secondary N) is 1. The molecule has 9 nitrogen and oxygen atoms in total. The lowest BCUT2D eigenvalue weighted by molar-refractivity contribution is 0.0521. The summed E-state index contributed by atoms with van der Waals surface area (Å²) >= 11 is 6.10. The van der Waals surface area contributed by atoms with Gasteiger partial charge < -0.3 is 14.4 Å². The van der Waals surface area contributed by atoms with Gasteiger partial charge in [-0.15, -0.1) is 0 Å². The van der Waals surface area contributed by atoms with Gasteiger partial charge in [0.15, 0.2) is 0 Å². The normalized spacial score (nSPS) is 29.4. The first-order chi connectivity index (χ1) is 12.0. The Morgan fingerprint density at radius 3 is 2.68 bits per heavy atom. The summed E-state index contributed by atoms with van der Waals surface area (Å²) in [5.41, 5.74) is 0. The van der Waals surface area contributed by atoms with E-state index in [4.69, 9.17) is 21.1 Å². The molecule has 0 aromatic carbocycles. The maximum atomic E-state index is 11.8. The predicted molar refractivity (Wildman–Crippen MR) is 91.1 cm³/mol. The lowest BCUT2D eigenvalue weighted by atomic mass is 9.89. The van der Waals surface area contributed by atoms with E-state index in [1.165, 1.54) is 4.31 Å². The second kappa shape index (κ2) is 6.84. The molecule has 1 aromatic heterocycles. The fourth-order valence-electron chi connectivity index (χ4n) is 3.26. The molecule has 1 aliphatic carbocycles. The fourth-order valence-corrected chi connectivity index (χ4v) is 4.84. The van der Waals surface area contributed by atoms with Crippen LogP contribution in [0.1, 0.15) is 12.8 Å². The molecule has 2 saturated heterocycles. The number of halogens is 1. The van der Waals surface area contributed by atoms with E-state index in [0.717, 1.165) is 0 Å². The Morgan fingerprint density at radius 2 is 2.00 bits per heavy atom. The topological polar surface area (TPSA) is 96.9 Å². The van der Waals surface area contributed by atoms with Gasteiger partial charge in [-0.2, -0.15) is 17.7 Å².